The van der Waals surface area contributed by atoms with Crippen molar-refractivity contribution in [2.45, 2.75) is 122 Å². The van der Waals surface area contributed by atoms with E-state index in [4.69, 9.17) is 5.11 Å². The standard InChI is InChI=1S/C23H44N2O4/c1-7-9-11-12-13-17-23(24-6,16-10-8-2)21(29)19(14-15-20(27)28)25-22(4,5)18(3)26/h19,24-25H,7-17H2,1-6H3,(H,27,28). The molecule has 0 spiro atoms. The van der Waals surface area contributed by atoms with Crippen LogP contribution in [0.1, 0.15) is 105 Å². The van der Waals surface area contributed by atoms with Gasteiger partial charge in [-0.25, -0.2) is 0 Å². The Morgan fingerprint density at radius 1 is 0.931 bits per heavy atom. The molecule has 0 aromatic heterocycles. The molecule has 0 aliphatic heterocycles. The van der Waals surface area contributed by atoms with E-state index >= 15 is 0 Å². The number of nitrogens with one attached hydrogen (secondary N) is 2. The first-order valence-corrected chi connectivity index (χ1v) is 11.3. The van der Waals surface area contributed by atoms with Crippen molar-refractivity contribution >= 4 is 17.5 Å². The number of carboxylic acid groups (broad SMARTS) is 1. The van der Waals surface area contributed by atoms with E-state index in [0.717, 1.165) is 44.9 Å². The Morgan fingerprint density at radius 3 is 1.97 bits per heavy atom. The molecule has 170 valence electrons. The Morgan fingerprint density at radius 2 is 1.48 bits per heavy atom. The molecule has 29 heavy (non-hydrogen) atoms. The fourth-order valence-corrected chi connectivity index (χ4v) is 3.66. The second kappa shape index (κ2) is 13.9. The van der Waals surface area contributed by atoms with Gasteiger partial charge in [0.1, 0.15) is 5.78 Å². The van der Waals surface area contributed by atoms with E-state index < -0.39 is 23.1 Å². The van der Waals surface area contributed by atoms with Crippen LogP contribution in [-0.4, -0.2) is 46.8 Å². The number of likely N-dealkylation sites (N-methyl/N-ethyl adjacent to an activating group) is 1. The number of aliphatic carboxylic acids is 1. The number of carbonyl (C=O) groups excluding carboxylic acids is 2. The van der Waals surface area contributed by atoms with Crippen molar-refractivity contribution in [2.75, 3.05) is 7.05 Å². The van der Waals surface area contributed by atoms with Crippen LogP contribution < -0.4 is 10.6 Å². The molecule has 0 fully saturated rings. The second-order valence-electron chi connectivity index (χ2n) is 8.77. The molecule has 0 saturated heterocycles. The molecule has 0 radical (unpaired) electrons. The largest absolute Gasteiger partial charge is 0.481 e. The first-order valence-electron chi connectivity index (χ1n) is 11.3. The highest BCUT2D eigenvalue weighted by Gasteiger charge is 2.41. The van der Waals surface area contributed by atoms with Crippen molar-refractivity contribution in [2.24, 2.45) is 0 Å². The first-order chi connectivity index (χ1) is 13.6. The highest BCUT2D eigenvalue weighted by molar-refractivity contribution is 5.94. The molecule has 0 amide bonds. The van der Waals surface area contributed by atoms with Crippen LogP contribution in [0.3, 0.4) is 0 Å². The van der Waals surface area contributed by atoms with Gasteiger partial charge in [0.25, 0.3) is 0 Å². The Hall–Kier alpha value is -1.27. The zero-order valence-electron chi connectivity index (χ0n) is 19.5. The van der Waals surface area contributed by atoms with Crippen molar-refractivity contribution in [3.05, 3.63) is 0 Å². The number of hydrogen-bond acceptors (Lipinski definition) is 5. The summed E-state index contributed by atoms with van der Waals surface area (Å²) in [6.45, 7) is 9.26. The minimum absolute atomic E-state index is 0.0143. The molecular formula is C23H44N2O4. The summed E-state index contributed by atoms with van der Waals surface area (Å²) in [7, 11) is 1.82. The van der Waals surface area contributed by atoms with Crippen LogP contribution in [0.4, 0.5) is 0 Å². The van der Waals surface area contributed by atoms with Crippen molar-refractivity contribution < 1.29 is 19.5 Å². The fourth-order valence-electron chi connectivity index (χ4n) is 3.66. The van der Waals surface area contributed by atoms with Gasteiger partial charge >= 0.3 is 5.97 Å². The molecule has 0 rings (SSSR count). The first kappa shape index (κ1) is 27.7. The maximum atomic E-state index is 13.7. The van der Waals surface area contributed by atoms with Crippen molar-refractivity contribution in [1.29, 1.82) is 0 Å². The fraction of sp³-hybridized carbons (Fsp3) is 0.870. The van der Waals surface area contributed by atoms with E-state index in [9.17, 15) is 14.4 Å². The summed E-state index contributed by atoms with van der Waals surface area (Å²) >= 11 is 0. The lowest BCUT2D eigenvalue weighted by Crippen LogP contribution is -2.62. The number of ketones is 2. The molecule has 6 heteroatoms. The molecule has 2 unspecified atom stereocenters. The summed E-state index contributed by atoms with van der Waals surface area (Å²) in [5.74, 6) is -1.03. The average molecular weight is 413 g/mol. The summed E-state index contributed by atoms with van der Waals surface area (Å²) in [4.78, 5) is 36.9. The topological polar surface area (TPSA) is 95.5 Å². The Labute approximate surface area is 177 Å². The van der Waals surface area contributed by atoms with Crippen molar-refractivity contribution in [3.8, 4) is 0 Å². The number of Topliss-reactive ketones (excluding diaryl/α,β-unsaturated/α-hetero) is 2. The molecule has 3 N–H and O–H groups in total. The maximum absolute atomic E-state index is 13.7. The summed E-state index contributed by atoms with van der Waals surface area (Å²) < 4.78 is 0. The predicted octanol–water partition coefficient (Wildman–Crippen LogP) is 4.26. The number of hydrogen-bond donors (Lipinski definition) is 3. The predicted molar refractivity (Wildman–Crippen MR) is 118 cm³/mol. The summed E-state index contributed by atoms with van der Waals surface area (Å²) in [6, 6.07) is -0.676. The molecule has 0 heterocycles. The van der Waals surface area contributed by atoms with Crippen LogP contribution in [0.25, 0.3) is 0 Å². The van der Waals surface area contributed by atoms with Gasteiger partial charge < -0.3 is 10.4 Å². The minimum atomic E-state index is -0.937. The lowest BCUT2D eigenvalue weighted by atomic mass is 9.78. The molecule has 0 aliphatic carbocycles. The van der Waals surface area contributed by atoms with E-state index in [1.165, 1.54) is 19.8 Å². The molecule has 2 atom stereocenters. The normalized spacial score (nSPS) is 15.0. The Bertz CT molecular complexity index is 519. The number of unbranched alkanes of at least 4 members (excludes halogenated alkanes) is 5. The maximum Gasteiger partial charge on any atom is 0.303 e. The molecule has 6 nitrogen and oxygen atoms in total. The zero-order valence-corrected chi connectivity index (χ0v) is 19.5. The molecule has 0 saturated carbocycles. The van der Waals surface area contributed by atoms with Gasteiger partial charge in [0.05, 0.1) is 17.1 Å². The molecule has 0 bridgehead atoms. The van der Waals surface area contributed by atoms with Crippen LogP contribution in [-0.2, 0) is 14.4 Å². The third kappa shape index (κ3) is 9.85. The number of carbonyl (C=O) groups is 3. The van der Waals surface area contributed by atoms with Gasteiger partial charge in [-0.1, -0.05) is 58.8 Å². The quantitative estimate of drug-likeness (QED) is 0.291. The van der Waals surface area contributed by atoms with E-state index in [1.807, 2.05) is 7.05 Å². The number of rotatable bonds is 18. The lowest BCUT2D eigenvalue weighted by Gasteiger charge is -2.38. The molecule has 0 aromatic rings. The van der Waals surface area contributed by atoms with Crippen LogP contribution in [0.5, 0.6) is 0 Å². The van der Waals surface area contributed by atoms with E-state index in [1.54, 1.807) is 13.8 Å². The summed E-state index contributed by atoms with van der Waals surface area (Å²) in [6.07, 6.45) is 9.01. The molecule has 0 aliphatic rings. The van der Waals surface area contributed by atoms with Gasteiger partial charge in [-0.05, 0) is 47.1 Å². The van der Waals surface area contributed by atoms with Gasteiger partial charge in [-0.3, -0.25) is 19.7 Å². The highest BCUT2D eigenvalue weighted by atomic mass is 16.4. The van der Waals surface area contributed by atoms with Gasteiger partial charge in [0.15, 0.2) is 5.78 Å². The van der Waals surface area contributed by atoms with Crippen LogP contribution >= 0.6 is 0 Å². The van der Waals surface area contributed by atoms with Crippen molar-refractivity contribution in [1.82, 2.24) is 10.6 Å². The smallest absolute Gasteiger partial charge is 0.303 e. The third-order valence-corrected chi connectivity index (χ3v) is 5.99. The summed E-state index contributed by atoms with van der Waals surface area (Å²) in [5, 5.41) is 15.6. The molecular weight excluding hydrogens is 368 g/mol. The monoisotopic (exact) mass is 412 g/mol. The highest BCUT2D eigenvalue weighted by Crippen LogP contribution is 2.27. The van der Waals surface area contributed by atoms with Crippen LogP contribution in [0, 0.1) is 0 Å². The van der Waals surface area contributed by atoms with Crippen molar-refractivity contribution in [3.63, 3.8) is 0 Å². The minimum Gasteiger partial charge on any atom is -0.481 e. The van der Waals surface area contributed by atoms with E-state index in [0.29, 0.717) is 0 Å². The Kier molecular flexibility index (Phi) is 13.3. The van der Waals surface area contributed by atoms with Gasteiger partial charge in [0.2, 0.25) is 0 Å². The zero-order chi connectivity index (χ0) is 22.5. The molecule has 0 aromatic carbocycles. The van der Waals surface area contributed by atoms with E-state index in [2.05, 4.69) is 24.5 Å². The average Bonchev–Trinajstić information content (AvgIpc) is 2.66. The third-order valence-electron chi connectivity index (χ3n) is 5.99. The van der Waals surface area contributed by atoms with Crippen LogP contribution in [0.15, 0.2) is 0 Å². The SMILES string of the molecule is CCCCCCCC(CCCC)(NC)C(=O)C(CCC(=O)O)NC(C)(C)C(C)=O. The summed E-state index contributed by atoms with van der Waals surface area (Å²) in [5.41, 5.74) is -1.57. The lowest BCUT2D eigenvalue weighted by molar-refractivity contribution is -0.137. The van der Waals surface area contributed by atoms with E-state index in [-0.39, 0.29) is 24.4 Å². The Balaban J connectivity index is 5.60. The van der Waals surface area contributed by atoms with Gasteiger partial charge in [-0.15, -0.1) is 0 Å². The van der Waals surface area contributed by atoms with Gasteiger partial charge in [-0.2, -0.15) is 0 Å². The second-order valence-corrected chi connectivity index (χ2v) is 8.77. The van der Waals surface area contributed by atoms with Crippen LogP contribution in [0.2, 0.25) is 0 Å². The number of carboxylic acids is 1. The van der Waals surface area contributed by atoms with Gasteiger partial charge in [0, 0.05) is 6.42 Å².